The zero-order valence-electron chi connectivity index (χ0n) is 23.5. The van der Waals surface area contributed by atoms with Gasteiger partial charge >= 0.3 is 29.6 Å². The molecule has 0 fully saturated rings. The number of rotatable bonds is 11. The van der Waals surface area contributed by atoms with E-state index >= 15 is 0 Å². The van der Waals surface area contributed by atoms with Crippen molar-refractivity contribution in [3.63, 3.8) is 0 Å². The van der Waals surface area contributed by atoms with E-state index in [1.54, 1.807) is 12.1 Å². The number of aromatic nitrogens is 1. The third-order valence-electron chi connectivity index (χ3n) is 6.64. The molecule has 1 atom stereocenters. The van der Waals surface area contributed by atoms with Gasteiger partial charge in [-0.05, 0) is 72.4 Å². The van der Waals surface area contributed by atoms with E-state index in [9.17, 15) is 24.2 Å². The van der Waals surface area contributed by atoms with Gasteiger partial charge in [-0.15, -0.1) is 0 Å². The number of benzene rings is 3. The predicted octanol–water partition coefficient (Wildman–Crippen LogP) is 2.79. The van der Waals surface area contributed by atoms with Crippen molar-refractivity contribution in [1.29, 1.82) is 0 Å². The molecule has 206 valence electrons. The summed E-state index contributed by atoms with van der Waals surface area (Å²) in [5.41, 5.74) is 4.97. The van der Waals surface area contributed by atoms with E-state index < -0.39 is 12.1 Å². The number of halogens is 1. The van der Waals surface area contributed by atoms with Crippen LogP contribution in [0.4, 0.5) is 10.1 Å². The summed E-state index contributed by atoms with van der Waals surface area (Å²) in [5.74, 6) is -2.04. The van der Waals surface area contributed by atoms with E-state index in [1.807, 2.05) is 79.1 Å². The van der Waals surface area contributed by atoms with Crippen LogP contribution < -0.4 is 40.0 Å². The minimum absolute atomic E-state index is 0. The molecule has 0 unspecified atom stereocenters. The number of carbonyl (C=O) groups is 2. The van der Waals surface area contributed by atoms with Gasteiger partial charge in [0.2, 0.25) is 0 Å². The molecule has 4 rings (SSSR count). The van der Waals surface area contributed by atoms with E-state index in [0.717, 1.165) is 34.2 Å². The standard InChI is InChI=1S/C33H33FN2O4.Na/c1-22(2)31-30(33(40)35-26-12-7-4-8-13-26)29(23-10-5-3-6-11-23)32(24-16-18-25(34)19-17-24)36(31)21-20-27(37)14-9-15-28(38)39;/h3-13,15-19,22,27,37H,14,20-21H2,1-2H3,(H,35,40)(H,38,39);/q;+1/p-1/b15-9-;/t27-;/m0./s1. The summed E-state index contributed by atoms with van der Waals surface area (Å²) >= 11 is 0. The van der Waals surface area contributed by atoms with Crippen LogP contribution in [0.15, 0.2) is 97.1 Å². The maximum absolute atomic E-state index is 14.0. The van der Waals surface area contributed by atoms with Crippen LogP contribution in [0.1, 0.15) is 48.7 Å². The third kappa shape index (κ3) is 8.05. The van der Waals surface area contributed by atoms with E-state index in [4.69, 9.17) is 0 Å². The molecule has 0 saturated carbocycles. The predicted molar refractivity (Wildman–Crippen MR) is 153 cm³/mol. The Hall–Kier alpha value is -3.49. The Kier molecular flexibility index (Phi) is 11.7. The second-order valence-corrected chi connectivity index (χ2v) is 9.88. The molecule has 0 radical (unpaired) electrons. The van der Waals surface area contributed by atoms with E-state index in [2.05, 4.69) is 5.32 Å². The summed E-state index contributed by atoms with van der Waals surface area (Å²) in [7, 11) is 0. The third-order valence-corrected chi connectivity index (χ3v) is 6.64. The van der Waals surface area contributed by atoms with Gasteiger partial charge in [0.25, 0.3) is 5.91 Å². The average molecular weight is 563 g/mol. The fraction of sp³-hybridized carbons (Fsp3) is 0.212. The van der Waals surface area contributed by atoms with Gasteiger partial charge in [0.05, 0.1) is 23.3 Å². The van der Waals surface area contributed by atoms with Crippen molar-refractivity contribution < 1.29 is 53.7 Å². The van der Waals surface area contributed by atoms with Crippen molar-refractivity contribution in [3.8, 4) is 22.4 Å². The molecule has 0 bridgehead atoms. The van der Waals surface area contributed by atoms with E-state index in [1.165, 1.54) is 18.2 Å². The molecule has 0 aliphatic carbocycles. The summed E-state index contributed by atoms with van der Waals surface area (Å²) in [6, 6.07) is 25.0. The number of anilines is 1. The Labute approximate surface area is 261 Å². The summed E-state index contributed by atoms with van der Waals surface area (Å²) in [6.07, 6.45) is 1.90. The topological polar surface area (TPSA) is 94.4 Å². The molecule has 0 saturated heterocycles. The van der Waals surface area contributed by atoms with Crippen molar-refractivity contribution in [2.24, 2.45) is 0 Å². The van der Waals surface area contributed by atoms with Gasteiger partial charge in [0, 0.05) is 23.5 Å². The SMILES string of the molecule is CC(C)c1c(C(=O)Nc2ccccc2)c(-c2ccccc2)c(-c2ccc(F)cc2)n1CC[C@@H](O)C/C=C\C(=O)[O-].[Na+]. The second-order valence-electron chi connectivity index (χ2n) is 9.88. The molecular weight excluding hydrogens is 530 g/mol. The Bertz CT molecular complexity index is 1480. The molecule has 1 amide bonds. The smallest absolute Gasteiger partial charge is 0.545 e. The zero-order chi connectivity index (χ0) is 28.6. The number of para-hydroxylation sites is 1. The average Bonchev–Trinajstić information content (AvgIpc) is 3.29. The van der Waals surface area contributed by atoms with Gasteiger partial charge in [0.15, 0.2) is 0 Å². The number of carboxylic acids is 1. The first-order valence-electron chi connectivity index (χ1n) is 13.3. The van der Waals surface area contributed by atoms with Crippen LogP contribution in [0, 0.1) is 5.82 Å². The number of hydrogen-bond acceptors (Lipinski definition) is 4. The normalized spacial score (nSPS) is 11.8. The number of nitrogens with one attached hydrogen (secondary N) is 1. The Morgan fingerprint density at radius 1 is 0.951 bits per heavy atom. The fourth-order valence-electron chi connectivity index (χ4n) is 4.93. The number of nitrogens with zero attached hydrogens (tertiary/aromatic N) is 1. The van der Waals surface area contributed by atoms with Gasteiger partial charge in [-0.25, -0.2) is 4.39 Å². The molecule has 6 nitrogen and oxygen atoms in total. The number of carbonyl (C=O) groups excluding carboxylic acids is 2. The summed E-state index contributed by atoms with van der Waals surface area (Å²) in [5, 5.41) is 24.4. The van der Waals surface area contributed by atoms with Crippen LogP contribution in [-0.2, 0) is 11.3 Å². The molecule has 1 aromatic heterocycles. The van der Waals surface area contributed by atoms with Crippen LogP contribution >= 0.6 is 0 Å². The van der Waals surface area contributed by atoms with Crippen LogP contribution in [-0.4, -0.2) is 27.7 Å². The van der Waals surface area contributed by atoms with E-state index in [0.29, 0.717) is 24.2 Å². The number of aliphatic hydroxyl groups excluding tert-OH is 1. The maximum atomic E-state index is 14.0. The van der Waals surface area contributed by atoms with Crippen LogP contribution in [0.2, 0.25) is 0 Å². The first-order chi connectivity index (χ1) is 19.3. The number of amides is 1. The first-order valence-corrected chi connectivity index (χ1v) is 13.3. The minimum Gasteiger partial charge on any atom is -0.545 e. The zero-order valence-corrected chi connectivity index (χ0v) is 25.5. The van der Waals surface area contributed by atoms with Gasteiger partial charge in [-0.2, -0.15) is 0 Å². The first kappa shape index (κ1) is 32.0. The largest absolute Gasteiger partial charge is 1.00 e. The number of aliphatic hydroxyl groups is 1. The fourth-order valence-corrected chi connectivity index (χ4v) is 4.93. The van der Waals surface area contributed by atoms with Crippen LogP contribution in [0.3, 0.4) is 0 Å². The Balaban J connectivity index is 0.00000462. The number of aliphatic carboxylic acids is 1. The van der Waals surface area contributed by atoms with Gasteiger partial charge < -0.3 is 24.9 Å². The second kappa shape index (κ2) is 14.9. The van der Waals surface area contributed by atoms with Crippen molar-refractivity contribution in [2.45, 2.75) is 45.3 Å². The molecule has 8 heteroatoms. The molecule has 3 aromatic carbocycles. The molecular formula is C33H32FN2NaO4. The van der Waals surface area contributed by atoms with Gasteiger partial charge in [0.1, 0.15) is 5.82 Å². The van der Waals surface area contributed by atoms with Crippen molar-refractivity contribution in [2.75, 3.05) is 5.32 Å². The molecule has 1 heterocycles. The number of hydrogen-bond donors (Lipinski definition) is 2. The molecule has 0 aliphatic heterocycles. The molecule has 0 aliphatic rings. The van der Waals surface area contributed by atoms with Crippen LogP contribution in [0.5, 0.6) is 0 Å². The molecule has 4 aromatic rings. The summed E-state index contributed by atoms with van der Waals surface area (Å²) in [6.45, 7) is 4.36. The quantitative estimate of drug-likeness (QED) is 0.217. The van der Waals surface area contributed by atoms with E-state index in [-0.39, 0.29) is 53.6 Å². The Morgan fingerprint density at radius 3 is 2.15 bits per heavy atom. The van der Waals surface area contributed by atoms with Crippen molar-refractivity contribution in [3.05, 3.63) is 114 Å². The molecule has 41 heavy (non-hydrogen) atoms. The van der Waals surface area contributed by atoms with Crippen molar-refractivity contribution >= 4 is 17.6 Å². The molecule has 2 N–H and O–H groups in total. The Morgan fingerprint density at radius 2 is 1.56 bits per heavy atom. The number of carboxylic acid groups (broad SMARTS) is 1. The maximum Gasteiger partial charge on any atom is 1.00 e. The molecule has 0 spiro atoms. The van der Waals surface area contributed by atoms with Crippen molar-refractivity contribution in [1.82, 2.24) is 4.57 Å². The summed E-state index contributed by atoms with van der Waals surface area (Å²) in [4.78, 5) is 24.8. The van der Waals surface area contributed by atoms with Gasteiger partial charge in [-0.1, -0.05) is 68.5 Å². The minimum atomic E-state index is -1.32. The monoisotopic (exact) mass is 562 g/mol. The summed E-state index contributed by atoms with van der Waals surface area (Å²) < 4.78 is 16.0. The van der Waals surface area contributed by atoms with Gasteiger partial charge in [-0.3, -0.25) is 4.79 Å². The van der Waals surface area contributed by atoms with Crippen LogP contribution in [0.25, 0.3) is 22.4 Å².